The molecule has 0 unspecified atom stereocenters. The largest absolute Gasteiger partial charge is 0.324 e. The Morgan fingerprint density at radius 3 is 3.05 bits per heavy atom. The molecule has 0 aromatic heterocycles. The summed E-state index contributed by atoms with van der Waals surface area (Å²) in [5.41, 5.74) is 1.02. The lowest BCUT2D eigenvalue weighted by atomic mass is 10.2. The zero-order valence-corrected chi connectivity index (χ0v) is 11.9. The first kappa shape index (κ1) is 14.8. The fourth-order valence-electron chi connectivity index (χ4n) is 2.14. The van der Waals surface area contributed by atoms with Crippen LogP contribution in [0.5, 0.6) is 0 Å². The molecule has 0 atom stereocenters. The summed E-state index contributed by atoms with van der Waals surface area (Å²) in [6.45, 7) is 4.05. The van der Waals surface area contributed by atoms with E-state index in [4.69, 9.17) is 16.9 Å². The van der Waals surface area contributed by atoms with E-state index in [2.05, 4.69) is 15.5 Å². The van der Waals surface area contributed by atoms with Gasteiger partial charge in [-0.2, -0.15) is 5.26 Å². The van der Waals surface area contributed by atoms with Crippen LogP contribution in [0.15, 0.2) is 18.2 Å². The number of carbonyl (C=O) groups excluding carboxylic acids is 1. The van der Waals surface area contributed by atoms with E-state index in [1.165, 1.54) is 0 Å². The molecule has 6 heteroatoms. The van der Waals surface area contributed by atoms with Gasteiger partial charge < -0.3 is 10.6 Å². The van der Waals surface area contributed by atoms with Crippen LogP contribution in [-0.2, 0) is 4.79 Å². The number of rotatable bonds is 3. The Morgan fingerprint density at radius 2 is 2.30 bits per heavy atom. The zero-order valence-electron chi connectivity index (χ0n) is 11.2. The van der Waals surface area contributed by atoms with E-state index in [1.54, 1.807) is 18.2 Å². The van der Waals surface area contributed by atoms with Crippen molar-refractivity contribution in [1.82, 2.24) is 10.2 Å². The predicted octanol–water partition coefficient (Wildman–Crippen LogP) is 1.45. The maximum absolute atomic E-state index is 12.0. The van der Waals surface area contributed by atoms with Gasteiger partial charge in [0.15, 0.2) is 0 Å². The van der Waals surface area contributed by atoms with Gasteiger partial charge in [-0.3, -0.25) is 9.69 Å². The maximum atomic E-state index is 12.0. The van der Waals surface area contributed by atoms with Crippen LogP contribution in [-0.4, -0.2) is 43.5 Å². The molecule has 5 nitrogen and oxygen atoms in total. The second kappa shape index (κ2) is 7.25. The summed E-state index contributed by atoms with van der Waals surface area (Å²) in [5, 5.41) is 15.2. The second-order valence-corrected chi connectivity index (χ2v) is 5.14. The van der Waals surface area contributed by atoms with Gasteiger partial charge >= 0.3 is 0 Å². The van der Waals surface area contributed by atoms with Gasteiger partial charge in [0.1, 0.15) is 0 Å². The number of anilines is 1. The minimum Gasteiger partial charge on any atom is -0.324 e. The lowest BCUT2D eigenvalue weighted by molar-refractivity contribution is -0.117. The number of hydrogen-bond acceptors (Lipinski definition) is 4. The monoisotopic (exact) mass is 292 g/mol. The Morgan fingerprint density at radius 1 is 1.45 bits per heavy atom. The average Bonchev–Trinajstić information content (AvgIpc) is 2.69. The third-order valence-corrected chi connectivity index (χ3v) is 3.48. The van der Waals surface area contributed by atoms with Crippen molar-refractivity contribution < 1.29 is 4.79 Å². The molecule has 0 saturated carbocycles. The highest BCUT2D eigenvalue weighted by molar-refractivity contribution is 6.33. The van der Waals surface area contributed by atoms with E-state index < -0.39 is 0 Å². The number of benzene rings is 1. The van der Waals surface area contributed by atoms with Gasteiger partial charge in [-0.15, -0.1) is 0 Å². The number of amides is 1. The first-order chi connectivity index (χ1) is 9.69. The fraction of sp³-hybridized carbons (Fsp3) is 0.429. The molecule has 1 fully saturated rings. The van der Waals surface area contributed by atoms with Crippen LogP contribution < -0.4 is 10.6 Å². The molecule has 0 aliphatic carbocycles. The molecule has 2 N–H and O–H groups in total. The molecule has 2 rings (SSSR count). The minimum atomic E-state index is -0.0847. The van der Waals surface area contributed by atoms with Crippen molar-refractivity contribution in [2.24, 2.45) is 0 Å². The number of carbonyl (C=O) groups is 1. The Bertz CT molecular complexity index is 518. The van der Waals surface area contributed by atoms with Crippen molar-refractivity contribution in [2.75, 3.05) is 38.0 Å². The lowest BCUT2D eigenvalue weighted by Crippen LogP contribution is -2.35. The number of nitrogens with zero attached hydrogens (tertiary/aromatic N) is 2. The quantitative estimate of drug-likeness (QED) is 0.885. The van der Waals surface area contributed by atoms with Crippen LogP contribution in [0.2, 0.25) is 5.02 Å². The Balaban J connectivity index is 1.92. The van der Waals surface area contributed by atoms with Crippen molar-refractivity contribution in [3.05, 3.63) is 28.8 Å². The van der Waals surface area contributed by atoms with E-state index in [0.717, 1.165) is 32.6 Å². The van der Waals surface area contributed by atoms with Gasteiger partial charge in [0.05, 0.1) is 28.9 Å². The van der Waals surface area contributed by atoms with Gasteiger partial charge in [-0.1, -0.05) is 11.6 Å². The van der Waals surface area contributed by atoms with Gasteiger partial charge in [0, 0.05) is 13.1 Å². The minimum absolute atomic E-state index is 0.0847. The molecule has 0 radical (unpaired) electrons. The van der Waals surface area contributed by atoms with Crippen molar-refractivity contribution in [3.8, 4) is 6.07 Å². The highest BCUT2D eigenvalue weighted by Crippen LogP contribution is 2.22. The van der Waals surface area contributed by atoms with Gasteiger partial charge in [0.25, 0.3) is 0 Å². The third kappa shape index (κ3) is 4.20. The topological polar surface area (TPSA) is 68.2 Å². The molecular weight excluding hydrogens is 276 g/mol. The SMILES string of the molecule is N#Cc1ccc(NC(=O)CN2CCCNCC2)c(Cl)c1. The van der Waals surface area contributed by atoms with Crippen LogP contribution >= 0.6 is 11.6 Å². The Hall–Kier alpha value is -1.61. The first-order valence-corrected chi connectivity index (χ1v) is 6.99. The molecule has 1 saturated heterocycles. The molecular formula is C14H17ClN4O. The summed E-state index contributed by atoms with van der Waals surface area (Å²) < 4.78 is 0. The smallest absolute Gasteiger partial charge is 0.238 e. The van der Waals surface area contributed by atoms with E-state index in [-0.39, 0.29) is 5.91 Å². The average molecular weight is 293 g/mol. The van der Waals surface area contributed by atoms with E-state index in [1.807, 2.05) is 6.07 Å². The second-order valence-electron chi connectivity index (χ2n) is 4.73. The molecule has 1 aromatic rings. The molecule has 0 spiro atoms. The van der Waals surface area contributed by atoms with Crippen LogP contribution in [0, 0.1) is 11.3 Å². The van der Waals surface area contributed by atoms with Crippen LogP contribution in [0.1, 0.15) is 12.0 Å². The normalized spacial score (nSPS) is 16.2. The van der Waals surface area contributed by atoms with E-state index in [0.29, 0.717) is 22.8 Å². The molecule has 1 aromatic carbocycles. The summed E-state index contributed by atoms with van der Waals surface area (Å²) in [7, 11) is 0. The highest BCUT2D eigenvalue weighted by Gasteiger charge is 2.13. The number of nitriles is 1. The van der Waals surface area contributed by atoms with E-state index in [9.17, 15) is 4.79 Å². The molecule has 1 amide bonds. The molecule has 1 heterocycles. The molecule has 106 valence electrons. The fourth-order valence-corrected chi connectivity index (χ4v) is 2.37. The number of nitrogens with one attached hydrogen (secondary N) is 2. The van der Waals surface area contributed by atoms with Crippen molar-refractivity contribution >= 4 is 23.2 Å². The third-order valence-electron chi connectivity index (χ3n) is 3.17. The Labute approximate surface area is 123 Å². The Kier molecular flexibility index (Phi) is 5.36. The van der Waals surface area contributed by atoms with Crippen LogP contribution in [0.3, 0.4) is 0 Å². The zero-order chi connectivity index (χ0) is 14.4. The van der Waals surface area contributed by atoms with Gasteiger partial charge in [-0.25, -0.2) is 0 Å². The molecule has 1 aliphatic heterocycles. The summed E-state index contributed by atoms with van der Waals surface area (Å²) in [5.74, 6) is -0.0847. The summed E-state index contributed by atoms with van der Waals surface area (Å²) >= 11 is 6.03. The van der Waals surface area contributed by atoms with E-state index >= 15 is 0 Å². The summed E-state index contributed by atoms with van der Waals surface area (Å²) in [6, 6.07) is 6.85. The lowest BCUT2D eigenvalue weighted by Gasteiger charge is -2.18. The first-order valence-electron chi connectivity index (χ1n) is 6.61. The maximum Gasteiger partial charge on any atom is 0.238 e. The van der Waals surface area contributed by atoms with Gasteiger partial charge in [-0.05, 0) is 37.7 Å². The molecule has 20 heavy (non-hydrogen) atoms. The molecule has 0 bridgehead atoms. The van der Waals surface area contributed by atoms with Crippen LogP contribution in [0.25, 0.3) is 0 Å². The molecule has 1 aliphatic rings. The number of halogens is 1. The van der Waals surface area contributed by atoms with Crippen molar-refractivity contribution in [2.45, 2.75) is 6.42 Å². The summed E-state index contributed by atoms with van der Waals surface area (Å²) in [6.07, 6.45) is 1.05. The standard InChI is InChI=1S/C14H17ClN4O/c15-12-8-11(9-16)2-3-13(12)18-14(20)10-19-6-1-4-17-5-7-19/h2-3,8,17H,1,4-7,10H2,(H,18,20). The van der Waals surface area contributed by atoms with Gasteiger partial charge in [0.2, 0.25) is 5.91 Å². The highest BCUT2D eigenvalue weighted by atomic mass is 35.5. The van der Waals surface area contributed by atoms with Crippen molar-refractivity contribution in [3.63, 3.8) is 0 Å². The van der Waals surface area contributed by atoms with Crippen molar-refractivity contribution in [1.29, 1.82) is 5.26 Å². The summed E-state index contributed by atoms with van der Waals surface area (Å²) in [4.78, 5) is 14.1. The predicted molar refractivity (Wildman–Crippen MR) is 78.7 cm³/mol. The number of hydrogen-bond donors (Lipinski definition) is 2. The van der Waals surface area contributed by atoms with Crippen LogP contribution in [0.4, 0.5) is 5.69 Å².